The average Bonchev–Trinajstić information content (AvgIpc) is 3.19. The van der Waals surface area contributed by atoms with E-state index in [-0.39, 0.29) is 10.8 Å². The van der Waals surface area contributed by atoms with E-state index in [4.69, 9.17) is 4.74 Å². The summed E-state index contributed by atoms with van der Waals surface area (Å²) < 4.78 is 33.5. The Hall–Kier alpha value is -1.64. The van der Waals surface area contributed by atoms with Gasteiger partial charge in [-0.1, -0.05) is 12.8 Å². The lowest BCUT2D eigenvalue weighted by atomic mass is 10.0. The van der Waals surface area contributed by atoms with Gasteiger partial charge >= 0.3 is 0 Å². The highest BCUT2D eigenvalue weighted by Gasteiger charge is 2.31. The fourth-order valence-electron chi connectivity index (χ4n) is 5.16. The zero-order valence-corrected chi connectivity index (χ0v) is 19.4. The zero-order chi connectivity index (χ0) is 21.8. The van der Waals surface area contributed by atoms with Crippen molar-refractivity contribution < 1.29 is 17.9 Å². The molecule has 1 aromatic rings. The van der Waals surface area contributed by atoms with Crippen LogP contribution in [0.3, 0.4) is 0 Å². The molecule has 0 unspecified atom stereocenters. The molecule has 0 aromatic heterocycles. The maximum atomic E-state index is 13.3. The van der Waals surface area contributed by atoms with Crippen molar-refractivity contribution in [1.82, 2.24) is 14.1 Å². The third-order valence-corrected chi connectivity index (χ3v) is 8.91. The average molecular weight is 450 g/mol. The van der Waals surface area contributed by atoms with Gasteiger partial charge in [0, 0.05) is 32.2 Å². The highest BCUT2D eigenvalue weighted by molar-refractivity contribution is 7.89. The van der Waals surface area contributed by atoms with Crippen LogP contribution in [0.15, 0.2) is 23.1 Å². The van der Waals surface area contributed by atoms with Gasteiger partial charge in [-0.25, -0.2) is 8.42 Å². The molecule has 31 heavy (non-hydrogen) atoms. The Bertz CT molecular complexity index is 867. The first-order valence-corrected chi connectivity index (χ1v) is 13.2. The Kier molecular flexibility index (Phi) is 7.19. The summed E-state index contributed by atoms with van der Waals surface area (Å²) in [5, 5.41) is 0. The van der Waals surface area contributed by atoms with E-state index >= 15 is 0 Å². The molecule has 3 heterocycles. The number of hydrogen-bond acceptors (Lipinski definition) is 5. The third kappa shape index (κ3) is 4.91. The van der Waals surface area contributed by atoms with Crippen molar-refractivity contribution in [3.8, 4) is 5.75 Å². The minimum atomic E-state index is -3.62. The van der Waals surface area contributed by atoms with Crippen LogP contribution in [0.25, 0.3) is 0 Å². The van der Waals surface area contributed by atoms with E-state index in [0.717, 1.165) is 38.5 Å². The number of amides is 1. The molecule has 0 radical (unpaired) electrons. The van der Waals surface area contributed by atoms with E-state index in [1.807, 2.05) is 4.90 Å². The summed E-state index contributed by atoms with van der Waals surface area (Å²) in [6, 6.07) is 5.27. The first-order valence-electron chi connectivity index (χ1n) is 11.7. The van der Waals surface area contributed by atoms with Crippen molar-refractivity contribution in [2.75, 3.05) is 46.4 Å². The van der Waals surface area contributed by atoms with Crippen molar-refractivity contribution in [3.63, 3.8) is 0 Å². The van der Waals surface area contributed by atoms with Crippen molar-refractivity contribution in [2.24, 2.45) is 0 Å². The molecule has 3 aliphatic rings. The van der Waals surface area contributed by atoms with Gasteiger partial charge in [-0.3, -0.25) is 4.79 Å². The first-order chi connectivity index (χ1) is 15.0. The predicted octanol–water partition coefficient (Wildman–Crippen LogP) is 2.96. The molecule has 7 nitrogen and oxygen atoms in total. The van der Waals surface area contributed by atoms with Crippen molar-refractivity contribution in [2.45, 2.75) is 62.3 Å². The quantitative estimate of drug-likeness (QED) is 0.691. The first kappa shape index (κ1) is 22.6. The second kappa shape index (κ2) is 9.88. The number of nitrogens with zero attached hydrogens (tertiary/aromatic N) is 3. The van der Waals surface area contributed by atoms with Gasteiger partial charge in [-0.15, -0.1) is 0 Å². The molecule has 0 spiro atoms. The van der Waals surface area contributed by atoms with Crippen LogP contribution in [0.2, 0.25) is 0 Å². The minimum absolute atomic E-state index is 0.135. The van der Waals surface area contributed by atoms with Gasteiger partial charge < -0.3 is 14.5 Å². The minimum Gasteiger partial charge on any atom is -0.496 e. The molecule has 0 aliphatic carbocycles. The number of hydrogen-bond donors (Lipinski definition) is 0. The number of sulfonamides is 1. The van der Waals surface area contributed by atoms with E-state index in [9.17, 15) is 13.2 Å². The van der Waals surface area contributed by atoms with E-state index in [1.54, 1.807) is 16.4 Å². The lowest BCUT2D eigenvalue weighted by Crippen LogP contribution is -2.46. The molecule has 8 heteroatoms. The Morgan fingerprint density at radius 2 is 1.52 bits per heavy atom. The molecule has 1 amide bonds. The van der Waals surface area contributed by atoms with Gasteiger partial charge in [-0.2, -0.15) is 4.31 Å². The predicted molar refractivity (Wildman–Crippen MR) is 120 cm³/mol. The van der Waals surface area contributed by atoms with Crippen LogP contribution in [0.4, 0.5) is 0 Å². The van der Waals surface area contributed by atoms with Gasteiger partial charge in [-0.05, 0) is 69.8 Å². The largest absolute Gasteiger partial charge is 0.496 e. The number of carbonyl (C=O) groups excluding carboxylic acids is 1. The summed E-state index contributed by atoms with van der Waals surface area (Å²) in [6.07, 6.45) is 8.38. The van der Waals surface area contributed by atoms with Crippen LogP contribution in [-0.2, 0) is 10.0 Å². The Balaban J connectivity index is 1.51. The fourth-order valence-corrected chi connectivity index (χ4v) is 6.70. The van der Waals surface area contributed by atoms with Gasteiger partial charge in [0.25, 0.3) is 5.91 Å². The van der Waals surface area contributed by atoms with E-state index in [1.165, 1.54) is 39.1 Å². The second-order valence-corrected chi connectivity index (χ2v) is 10.9. The van der Waals surface area contributed by atoms with Gasteiger partial charge in [0.2, 0.25) is 10.0 Å². The Labute approximate surface area is 186 Å². The Morgan fingerprint density at radius 1 is 0.903 bits per heavy atom. The summed E-state index contributed by atoms with van der Waals surface area (Å²) in [5.41, 5.74) is 0.345. The molecule has 172 valence electrons. The maximum Gasteiger partial charge on any atom is 0.257 e. The van der Waals surface area contributed by atoms with E-state index < -0.39 is 10.0 Å². The zero-order valence-electron chi connectivity index (χ0n) is 18.6. The summed E-state index contributed by atoms with van der Waals surface area (Å²) >= 11 is 0. The lowest BCUT2D eigenvalue weighted by molar-refractivity contribution is 0.0641. The number of benzene rings is 1. The molecule has 4 rings (SSSR count). The van der Waals surface area contributed by atoms with Gasteiger partial charge in [0.15, 0.2) is 0 Å². The van der Waals surface area contributed by atoms with Crippen LogP contribution in [0.1, 0.15) is 61.7 Å². The second-order valence-electron chi connectivity index (χ2n) is 8.95. The lowest BCUT2D eigenvalue weighted by Gasteiger charge is -2.36. The molecular formula is C23H35N3O4S. The highest BCUT2D eigenvalue weighted by Crippen LogP contribution is 2.29. The summed E-state index contributed by atoms with van der Waals surface area (Å²) in [7, 11) is -2.09. The van der Waals surface area contributed by atoms with Crippen LogP contribution in [0, 0.1) is 0 Å². The van der Waals surface area contributed by atoms with Crippen molar-refractivity contribution >= 4 is 15.9 Å². The molecule has 3 fully saturated rings. The van der Waals surface area contributed by atoms with Gasteiger partial charge in [0.1, 0.15) is 5.75 Å². The summed E-state index contributed by atoms with van der Waals surface area (Å²) in [4.78, 5) is 17.9. The van der Waals surface area contributed by atoms with Crippen LogP contribution in [-0.4, -0.2) is 80.9 Å². The number of likely N-dealkylation sites (tertiary alicyclic amines) is 2. The van der Waals surface area contributed by atoms with E-state index in [0.29, 0.717) is 43.5 Å². The molecular weight excluding hydrogens is 414 g/mol. The Morgan fingerprint density at radius 3 is 2.13 bits per heavy atom. The van der Waals surface area contributed by atoms with Gasteiger partial charge in [0.05, 0.1) is 17.6 Å². The molecule has 3 saturated heterocycles. The van der Waals surface area contributed by atoms with E-state index in [2.05, 4.69) is 4.90 Å². The third-order valence-electron chi connectivity index (χ3n) is 7.01. The van der Waals surface area contributed by atoms with Crippen LogP contribution < -0.4 is 4.74 Å². The number of carbonyl (C=O) groups is 1. The SMILES string of the molecule is COc1ccc(S(=O)(=O)N2CCCCCC2)cc1C(=O)N1CCC(N2CCCC2)CC1. The molecule has 0 bridgehead atoms. The summed E-state index contributed by atoms with van der Waals surface area (Å²) in [5.74, 6) is 0.297. The molecule has 0 atom stereocenters. The molecule has 0 N–H and O–H groups in total. The number of methoxy groups -OCH3 is 1. The van der Waals surface area contributed by atoms with Crippen molar-refractivity contribution in [1.29, 1.82) is 0 Å². The van der Waals surface area contributed by atoms with Crippen LogP contribution in [0.5, 0.6) is 5.75 Å². The fraction of sp³-hybridized carbons (Fsp3) is 0.696. The monoisotopic (exact) mass is 449 g/mol. The number of piperidine rings is 1. The maximum absolute atomic E-state index is 13.3. The standard InChI is InChI=1S/C23H35N3O4S/c1-30-22-9-8-20(31(28,29)26-14-4-2-3-5-15-26)18-21(22)23(27)25-16-10-19(11-17-25)24-12-6-7-13-24/h8-9,18-19H,2-7,10-17H2,1H3. The number of rotatable bonds is 5. The molecule has 3 aliphatic heterocycles. The normalized spacial score (nSPS) is 22.4. The highest BCUT2D eigenvalue weighted by atomic mass is 32.2. The summed E-state index contributed by atoms with van der Waals surface area (Å²) in [6.45, 7) is 4.83. The van der Waals surface area contributed by atoms with Crippen molar-refractivity contribution in [3.05, 3.63) is 23.8 Å². The molecule has 1 aromatic carbocycles. The van der Waals surface area contributed by atoms with Crippen LogP contribution >= 0.6 is 0 Å². The topological polar surface area (TPSA) is 70.2 Å². The smallest absolute Gasteiger partial charge is 0.257 e. The molecule has 0 saturated carbocycles. The number of ether oxygens (including phenoxy) is 1.